The number of esters is 1. The third-order valence-electron chi connectivity index (χ3n) is 3.28. The first kappa shape index (κ1) is 14.9. The highest BCUT2D eigenvalue weighted by Crippen LogP contribution is 2.46. The van der Waals surface area contributed by atoms with Crippen molar-refractivity contribution in [2.75, 3.05) is 20.0 Å². The predicted octanol–water partition coefficient (Wildman–Crippen LogP) is -0.173. The highest BCUT2D eigenvalue weighted by Gasteiger charge is 2.66. The molecule has 1 saturated heterocycles. The van der Waals surface area contributed by atoms with Crippen molar-refractivity contribution in [1.29, 1.82) is 0 Å². The fourth-order valence-corrected chi connectivity index (χ4v) is 3.77. The van der Waals surface area contributed by atoms with E-state index in [4.69, 9.17) is 9.47 Å². The van der Waals surface area contributed by atoms with Gasteiger partial charge in [-0.1, -0.05) is 0 Å². The van der Waals surface area contributed by atoms with Crippen molar-refractivity contribution in [3.05, 3.63) is 11.3 Å². The average molecular weight is 300 g/mol. The van der Waals surface area contributed by atoms with E-state index >= 15 is 0 Å². The van der Waals surface area contributed by atoms with Crippen molar-refractivity contribution < 1.29 is 23.9 Å². The van der Waals surface area contributed by atoms with Crippen molar-refractivity contribution in [3.8, 4) is 0 Å². The summed E-state index contributed by atoms with van der Waals surface area (Å²) in [6.07, 6.45) is 0. The molecule has 1 N–H and O–H groups in total. The minimum atomic E-state index is -1.41. The lowest BCUT2D eigenvalue weighted by molar-refractivity contribution is -0.192. The smallest absolute Gasteiger partial charge is 0.354 e. The number of hydrogen-bond acceptors (Lipinski definition) is 6. The van der Waals surface area contributed by atoms with E-state index < -0.39 is 23.0 Å². The van der Waals surface area contributed by atoms with E-state index in [1.54, 1.807) is 6.92 Å². The highest BCUT2D eigenvalue weighted by atomic mass is 32.2. The standard InChI is InChI=1S/C12H16N2O5S/c1-6-5-20-11-12(19-4,13-7(2)15)10(17)14(11)8(6)9(16)18-3/h11H,5H2,1-4H3,(H,13,15)/t11-,12+/m1/s1. The third kappa shape index (κ3) is 1.90. The van der Waals surface area contributed by atoms with Gasteiger partial charge in [-0.3, -0.25) is 14.5 Å². The molecule has 0 bridgehead atoms. The molecular formula is C12H16N2O5S. The van der Waals surface area contributed by atoms with Crippen molar-refractivity contribution in [1.82, 2.24) is 10.2 Å². The number of amides is 2. The number of ether oxygens (including phenoxy) is 2. The van der Waals surface area contributed by atoms with Crippen molar-refractivity contribution in [3.63, 3.8) is 0 Å². The van der Waals surface area contributed by atoms with Gasteiger partial charge in [0, 0.05) is 19.8 Å². The van der Waals surface area contributed by atoms with Gasteiger partial charge in [-0.2, -0.15) is 0 Å². The topological polar surface area (TPSA) is 84.9 Å². The van der Waals surface area contributed by atoms with Crippen LogP contribution in [-0.4, -0.2) is 53.8 Å². The summed E-state index contributed by atoms with van der Waals surface area (Å²) >= 11 is 1.43. The van der Waals surface area contributed by atoms with E-state index in [-0.39, 0.29) is 11.6 Å². The molecule has 1 fully saturated rings. The molecular weight excluding hydrogens is 284 g/mol. The van der Waals surface area contributed by atoms with Crippen LogP contribution >= 0.6 is 11.8 Å². The predicted molar refractivity (Wildman–Crippen MR) is 71.4 cm³/mol. The van der Waals surface area contributed by atoms with Gasteiger partial charge in [0.1, 0.15) is 11.1 Å². The number of nitrogens with one attached hydrogen (secondary N) is 1. The van der Waals surface area contributed by atoms with E-state index in [9.17, 15) is 14.4 Å². The zero-order chi connectivity index (χ0) is 15.1. The van der Waals surface area contributed by atoms with E-state index in [2.05, 4.69) is 5.32 Å². The van der Waals surface area contributed by atoms with E-state index in [0.29, 0.717) is 5.75 Å². The number of thioether (sulfide) groups is 1. The van der Waals surface area contributed by atoms with Crippen LogP contribution in [0.5, 0.6) is 0 Å². The van der Waals surface area contributed by atoms with Crippen LogP contribution in [0.1, 0.15) is 13.8 Å². The highest BCUT2D eigenvalue weighted by molar-refractivity contribution is 8.00. The second kappa shape index (κ2) is 5.10. The lowest BCUT2D eigenvalue weighted by atomic mass is 9.98. The number of carbonyl (C=O) groups is 3. The molecule has 2 aliphatic rings. The zero-order valence-electron chi connectivity index (χ0n) is 11.7. The van der Waals surface area contributed by atoms with Gasteiger partial charge in [0.15, 0.2) is 0 Å². The molecule has 2 amide bonds. The minimum Gasteiger partial charge on any atom is -0.464 e. The van der Waals surface area contributed by atoms with Crippen LogP contribution in [0.2, 0.25) is 0 Å². The SMILES string of the molecule is COC(=O)C1=C(C)CS[C@H]2N1C(=O)[C@]2(NC(C)=O)OC. The van der Waals surface area contributed by atoms with Crippen LogP contribution < -0.4 is 5.32 Å². The lowest BCUT2D eigenvalue weighted by Crippen LogP contribution is -2.80. The van der Waals surface area contributed by atoms with Gasteiger partial charge in [0.25, 0.3) is 11.6 Å². The van der Waals surface area contributed by atoms with Crippen molar-refractivity contribution in [2.24, 2.45) is 0 Å². The Balaban J connectivity index is 2.37. The van der Waals surface area contributed by atoms with Crippen LogP contribution in [0, 0.1) is 0 Å². The Labute approximate surface area is 120 Å². The first-order valence-corrected chi connectivity index (χ1v) is 7.01. The van der Waals surface area contributed by atoms with Gasteiger partial charge in [0.2, 0.25) is 5.91 Å². The van der Waals surface area contributed by atoms with Crippen LogP contribution in [0.3, 0.4) is 0 Å². The maximum absolute atomic E-state index is 12.4. The van der Waals surface area contributed by atoms with Crippen molar-refractivity contribution >= 4 is 29.5 Å². The fraction of sp³-hybridized carbons (Fsp3) is 0.583. The van der Waals surface area contributed by atoms with Crippen LogP contribution in [0.15, 0.2) is 11.3 Å². The number of rotatable bonds is 3. The molecule has 2 rings (SSSR count). The summed E-state index contributed by atoms with van der Waals surface area (Å²) in [6.45, 7) is 3.08. The molecule has 2 aliphatic heterocycles. The van der Waals surface area contributed by atoms with Gasteiger partial charge < -0.3 is 14.8 Å². The molecule has 0 radical (unpaired) electrons. The Kier molecular flexibility index (Phi) is 3.79. The summed E-state index contributed by atoms with van der Waals surface area (Å²) in [5.41, 5.74) is -0.408. The molecule has 20 heavy (non-hydrogen) atoms. The summed E-state index contributed by atoms with van der Waals surface area (Å²) in [5, 5.41) is 2.07. The molecule has 2 atom stereocenters. The summed E-state index contributed by atoms with van der Waals surface area (Å²) in [4.78, 5) is 36.8. The third-order valence-corrected chi connectivity index (χ3v) is 4.74. The maximum atomic E-state index is 12.4. The maximum Gasteiger partial charge on any atom is 0.354 e. The number of β-lactam (4-membered cyclic amide) rings is 1. The first-order valence-electron chi connectivity index (χ1n) is 5.96. The van der Waals surface area contributed by atoms with Crippen LogP contribution in [0.25, 0.3) is 0 Å². The first-order chi connectivity index (χ1) is 9.39. The monoisotopic (exact) mass is 300 g/mol. The van der Waals surface area contributed by atoms with E-state index in [1.807, 2.05) is 0 Å². The second-order valence-corrected chi connectivity index (χ2v) is 5.65. The summed E-state index contributed by atoms with van der Waals surface area (Å²) in [6, 6.07) is 0. The van der Waals surface area contributed by atoms with E-state index in [1.165, 1.54) is 37.8 Å². The van der Waals surface area contributed by atoms with E-state index in [0.717, 1.165) is 5.57 Å². The number of hydrogen-bond donors (Lipinski definition) is 1. The quantitative estimate of drug-likeness (QED) is 0.442. The average Bonchev–Trinajstić information content (AvgIpc) is 2.42. The Hall–Kier alpha value is -1.54. The number of carbonyl (C=O) groups excluding carboxylic acids is 3. The second-order valence-electron chi connectivity index (χ2n) is 4.58. The molecule has 0 aliphatic carbocycles. The Morgan fingerprint density at radius 2 is 2.10 bits per heavy atom. The molecule has 0 saturated carbocycles. The van der Waals surface area contributed by atoms with Gasteiger partial charge >= 0.3 is 5.97 Å². The summed E-state index contributed by atoms with van der Waals surface area (Å²) in [5.74, 6) is -0.837. The number of nitrogens with zero attached hydrogens (tertiary/aromatic N) is 1. The molecule has 2 heterocycles. The summed E-state index contributed by atoms with van der Waals surface area (Å²) in [7, 11) is 2.62. The number of fused-ring (bicyclic) bond motifs is 1. The molecule has 0 aromatic heterocycles. The minimum absolute atomic E-state index is 0.235. The summed E-state index contributed by atoms with van der Waals surface area (Å²) < 4.78 is 9.96. The van der Waals surface area contributed by atoms with Crippen LogP contribution in [0.4, 0.5) is 0 Å². The molecule has 7 nitrogen and oxygen atoms in total. The molecule has 0 aromatic carbocycles. The lowest BCUT2D eigenvalue weighted by Gasteiger charge is -2.55. The molecule has 8 heteroatoms. The van der Waals surface area contributed by atoms with Gasteiger partial charge in [0.05, 0.1) is 7.11 Å². The molecule has 0 aromatic rings. The number of methoxy groups -OCH3 is 2. The van der Waals surface area contributed by atoms with Crippen molar-refractivity contribution in [2.45, 2.75) is 24.9 Å². The Bertz CT molecular complexity index is 518. The fourth-order valence-electron chi connectivity index (χ4n) is 2.38. The van der Waals surface area contributed by atoms with Gasteiger partial charge in [-0.05, 0) is 12.5 Å². The van der Waals surface area contributed by atoms with Gasteiger partial charge in [-0.15, -0.1) is 11.8 Å². The molecule has 0 unspecified atom stereocenters. The van der Waals surface area contributed by atoms with Gasteiger partial charge in [-0.25, -0.2) is 4.79 Å². The molecule has 110 valence electrons. The normalized spacial score (nSPS) is 28.7. The Morgan fingerprint density at radius 3 is 2.60 bits per heavy atom. The zero-order valence-corrected chi connectivity index (χ0v) is 12.5. The largest absolute Gasteiger partial charge is 0.464 e. The Morgan fingerprint density at radius 1 is 1.45 bits per heavy atom. The molecule has 0 spiro atoms. The van der Waals surface area contributed by atoms with Crippen LogP contribution in [-0.2, 0) is 23.9 Å².